The van der Waals surface area contributed by atoms with Crippen molar-refractivity contribution in [1.82, 2.24) is 29.4 Å². The standard InChI is InChI=1S/C22H26N8O3/c1-15(2)17-14-26-30-19(17)27-22(33-12-6-11-32-20(23)31)28-21(30)24-13-16-7-3-4-8-18(16)29-10-5-9-25-29/h3-5,7-10,14-15H,6,11-13H2,1-2H3,(H2,23,31)(H,24,27,28). The lowest BCUT2D eigenvalue weighted by Crippen LogP contribution is -2.16. The molecule has 3 N–H and O–H groups in total. The molecule has 172 valence electrons. The van der Waals surface area contributed by atoms with Crippen molar-refractivity contribution in [3.63, 3.8) is 0 Å². The molecule has 0 aliphatic carbocycles. The minimum absolute atomic E-state index is 0.164. The Kier molecular flexibility index (Phi) is 6.67. The lowest BCUT2D eigenvalue weighted by Gasteiger charge is -2.13. The summed E-state index contributed by atoms with van der Waals surface area (Å²) in [5, 5.41) is 12.2. The molecule has 4 aromatic rings. The molecule has 0 unspecified atom stereocenters. The van der Waals surface area contributed by atoms with Gasteiger partial charge in [-0.25, -0.2) is 9.48 Å². The Balaban J connectivity index is 1.57. The van der Waals surface area contributed by atoms with Crippen molar-refractivity contribution < 1.29 is 14.3 Å². The molecule has 0 radical (unpaired) electrons. The van der Waals surface area contributed by atoms with Crippen LogP contribution in [0.4, 0.5) is 10.7 Å². The lowest BCUT2D eigenvalue weighted by molar-refractivity contribution is 0.146. The Morgan fingerprint density at radius 2 is 2.00 bits per heavy atom. The van der Waals surface area contributed by atoms with Gasteiger partial charge < -0.3 is 20.5 Å². The molecule has 11 nitrogen and oxygen atoms in total. The molecule has 3 heterocycles. The van der Waals surface area contributed by atoms with Crippen LogP contribution in [0.2, 0.25) is 0 Å². The van der Waals surface area contributed by atoms with Crippen LogP contribution in [-0.4, -0.2) is 48.7 Å². The summed E-state index contributed by atoms with van der Waals surface area (Å²) in [6.07, 6.45) is 5.09. The van der Waals surface area contributed by atoms with Crippen molar-refractivity contribution in [1.29, 1.82) is 0 Å². The van der Waals surface area contributed by atoms with Crippen molar-refractivity contribution in [2.75, 3.05) is 18.5 Å². The third-order valence-corrected chi connectivity index (χ3v) is 4.94. The topological polar surface area (TPSA) is 134 Å². The zero-order valence-corrected chi connectivity index (χ0v) is 18.5. The molecule has 4 rings (SSSR count). The summed E-state index contributed by atoms with van der Waals surface area (Å²) < 4.78 is 13.9. The van der Waals surface area contributed by atoms with E-state index in [9.17, 15) is 4.79 Å². The number of aromatic nitrogens is 6. The van der Waals surface area contributed by atoms with Gasteiger partial charge in [-0.2, -0.15) is 24.7 Å². The van der Waals surface area contributed by atoms with Gasteiger partial charge in [-0.1, -0.05) is 32.0 Å². The van der Waals surface area contributed by atoms with Crippen LogP contribution in [0.5, 0.6) is 6.01 Å². The third-order valence-electron chi connectivity index (χ3n) is 4.94. The molecular weight excluding hydrogens is 424 g/mol. The summed E-state index contributed by atoms with van der Waals surface area (Å²) >= 11 is 0. The van der Waals surface area contributed by atoms with Crippen LogP contribution in [0.3, 0.4) is 0 Å². The summed E-state index contributed by atoms with van der Waals surface area (Å²) in [5.74, 6) is 0.730. The van der Waals surface area contributed by atoms with Gasteiger partial charge in [0.25, 0.3) is 0 Å². The number of benzene rings is 1. The fraction of sp³-hybridized carbons (Fsp3) is 0.318. The molecule has 0 saturated carbocycles. The second kappa shape index (κ2) is 9.98. The first-order chi connectivity index (χ1) is 16.0. The fourth-order valence-electron chi connectivity index (χ4n) is 3.33. The van der Waals surface area contributed by atoms with E-state index in [0.717, 1.165) is 16.8 Å². The molecule has 33 heavy (non-hydrogen) atoms. The number of ether oxygens (including phenoxy) is 2. The maximum atomic E-state index is 10.7. The Labute approximate surface area is 190 Å². The van der Waals surface area contributed by atoms with Gasteiger partial charge in [0, 0.05) is 30.9 Å². The predicted octanol–water partition coefficient (Wildman–Crippen LogP) is 2.91. The normalized spacial score (nSPS) is 11.1. The molecular formula is C22H26N8O3. The summed E-state index contributed by atoms with van der Waals surface area (Å²) in [6.45, 7) is 5.08. The number of hydrogen-bond acceptors (Lipinski definition) is 8. The second-order valence-electron chi connectivity index (χ2n) is 7.62. The van der Waals surface area contributed by atoms with E-state index in [1.165, 1.54) is 0 Å². The molecule has 1 aromatic carbocycles. The van der Waals surface area contributed by atoms with Crippen molar-refractivity contribution in [3.8, 4) is 11.7 Å². The van der Waals surface area contributed by atoms with E-state index in [1.54, 1.807) is 16.9 Å². The number of nitrogens with two attached hydrogens (primary N) is 1. The van der Waals surface area contributed by atoms with Crippen LogP contribution in [0.25, 0.3) is 11.3 Å². The number of primary amides is 1. The van der Waals surface area contributed by atoms with E-state index in [-0.39, 0.29) is 25.1 Å². The van der Waals surface area contributed by atoms with Crippen LogP contribution < -0.4 is 15.8 Å². The number of nitrogens with one attached hydrogen (secondary N) is 1. The molecule has 0 fully saturated rings. The second-order valence-corrected chi connectivity index (χ2v) is 7.62. The molecule has 11 heteroatoms. The highest BCUT2D eigenvalue weighted by Crippen LogP contribution is 2.23. The molecule has 0 atom stereocenters. The van der Waals surface area contributed by atoms with Gasteiger partial charge in [0.15, 0.2) is 5.65 Å². The number of nitrogens with zero attached hydrogens (tertiary/aromatic N) is 6. The molecule has 0 aliphatic heterocycles. The van der Waals surface area contributed by atoms with Crippen LogP contribution in [0.1, 0.15) is 37.3 Å². The molecule has 0 aliphatic rings. The lowest BCUT2D eigenvalue weighted by atomic mass is 10.1. The number of amides is 1. The summed E-state index contributed by atoms with van der Waals surface area (Å²) in [5.41, 5.74) is 8.64. The smallest absolute Gasteiger partial charge is 0.404 e. The van der Waals surface area contributed by atoms with Gasteiger partial charge in [0.1, 0.15) is 0 Å². The fourth-order valence-corrected chi connectivity index (χ4v) is 3.33. The number of carbonyl (C=O) groups is 1. The third kappa shape index (κ3) is 5.20. The zero-order valence-electron chi connectivity index (χ0n) is 18.5. The van der Waals surface area contributed by atoms with E-state index in [1.807, 2.05) is 41.2 Å². The van der Waals surface area contributed by atoms with Gasteiger partial charge >= 0.3 is 12.1 Å². The largest absolute Gasteiger partial charge is 0.463 e. The highest BCUT2D eigenvalue weighted by atomic mass is 16.5. The highest BCUT2D eigenvalue weighted by Gasteiger charge is 2.16. The van der Waals surface area contributed by atoms with E-state index in [4.69, 9.17) is 15.2 Å². The van der Waals surface area contributed by atoms with Gasteiger partial charge in [-0.15, -0.1) is 0 Å². The predicted molar refractivity (Wildman–Crippen MR) is 121 cm³/mol. The van der Waals surface area contributed by atoms with Crippen molar-refractivity contribution in [2.24, 2.45) is 5.73 Å². The number of hydrogen-bond donors (Lipinski definition) is 2. The van der Waals surface area contributed by atoms with E-state index in [2.05, 4.69) is 39.3 Å². The summed E-state index contributed by atoms with van der Waals surface area (Å²) in [6, 6.07) is 10.1. The number of carbonyl (C=O) groups excluding carboxylic acids is 1. The van der Waals surface area contributed by atoms with Gasteiger partial charge in [-0.05, 0) is 23.6 Å². The van der Waals surface area contributed by atoms with Crippen LogP contribution in [-0.2, 0) is 11.3 Å². The van der Waals surface area contributed by atoms with Gasteiger partial charge in [0.05, 0.1) is 25.1 Å². The minimum Gasteiger partial charge on any atom is -0.463 e. The SMILES string of the molecule is CC(C)c1cnn2c(NCc3ccccc3-n3cccn3)nc(OCCCOC(N)=O)nc12. The van der Waals surface area contributed by atoms with Crippen molar-refractivity contribution in [3.05, 3.63) is 60.0 Å². The molecule has 1 amide bonds. The van der Waals surface area contributed by atoms with Crippen LogP contribution in [0.15, 0.2) is 48.9 Å². The molecule has 3 aromatic heterocycles. The molecule has 0 saturated heterocycles. The van der Waals surface area contributed by atoms with Crippen molar-refractivity contribution in [2.45, 2.75) is 32.7 Å². The monoisotopic (exact) mass is 450 g/mol. The van der Waals surface area contributed by atoms with Crippen molar-refractivity contribution >= 4 is 17.7 Å². The zero-order chi connectivity index (χ0) is 23.2. The number of para-hydroxylation sites is 1. The molecule has 0 bridgehead atoms. The van der Waals surface area contributed by atoms with E-state index >= 15 is 0 Å². The van der Waals surface area contributed by atoms with Crippen LogP contribution in [0, 0.1) is 0 Å². The Morgan fingerprint density at radius 3 is 2.76 bits per heavy atom. The number of rotatable bonds is 10. The van der Waals surface area contributed by atoms with Gasteiger partial charge in [-0.3, -0.25) is 0 Å². The Morgan fingerprint density at radius 1 is 1.15 bits per heavy atom. The maximum absolute atomic E-state index is 10.7. The van der Waals surface area contributed by atoms with E-state index in [0.29, 0.717) is 24.6 Å². The van der Waals surface area contributed by atoms with E-state index < -0.39 is 6.09 Å². The molecule has 0 spiro atoms. The Bertz CT molecular complexity index is 1220. The first-order valence-corrected chi connectivity index (χ1v) is 10.7. The number of anilines is 1. The quantitative estimate of drug-likeness (QED) is 0.352. The van der Waals surface area contributed by atoms with Crippen LogP contribution >= 0.6 is 0 Å². The summed E-state index contributed by atoms with van der Waals surface area (Å²) in [4.78, 5) is 19.8. The first-order valence-electron chi connectivity index (χ1n) is 10.7. The Hall–Kier alpha value is -4.15. The number of fused-ring (bicyclic) bond motifs is 1. The minimum atomic E-state index is -0.810. The maximum Gasteiger partial charge on any atom is 0.404 e. The average molecular weight is 451 g/mol. The highest BCUT2D eigenvalue weighted by molar-refractivity contribution is 5.64. The first kappa shape index (κ1) is 22.1. The average Bonchev–Trinajstić information content (AvgIpc) is 3.47. The summed E-state index contributed by atoms with van der Waals surface area (Å²) in [7, 11) is 0. The van der Waals surface area contributed by atoms with Gasteiger partial charge in [0.2, 0.25) is 5.95 Å².